The van der Waals surface area contributed by atoms with Crippen molar-refractivity contribution in [1.29, 1.82) is 0 Å². The molecule has 1 fully saturated rings. The molecular formula is C17H23F3N2O2. The van der Waals surface area contributed by atoms with Crippen LogP contribution < -0.4 is 15.4 Å². The van der Waals surface area contributed by atoms with Gasteiger partial charge in [0, 0.05) is 13.0 Å². The van der Waals surface area contributed by atoms with E-state index in [1.165, 1.54) is 12.1 Å². The minimum absolute atomic E-state index is 0.00549. The third kappa shape index (κ3) is 7.21. The van der Waals surface area contributed by atoms with Crippen LogP contribution in [0.3, 0.4) is 0 Å². The number of carbonyl (C=O) groups excluding carboxylic acids is 1. The third-order valence-corrected chi connectivity index (χ3v) is 4.05. The highest BCUT2D eigenvalue weighted by molar-refractivity contribution is 5.75. The minimum atomic E-state index is -4.35. The van der Waals surface area contributed by atoms with Crippen molar-refractivity contribution in [1.82, 2.24) is 10.6 Å². The van der Waals surface area contributed by atoms with Crippen molar-refractivity contribution in [3.63, 3.8) is 0 Å². The Balaban J connectivity index is 1.66. The lowest BCUT2D eigenvalue weighted by atomic mass is 9.93. The molecule has 0 radical (unpaired) electrons. The summed E-state index contributed by atoms with van der Waals surface area (Å²) in [5.41, 5.74) is 0.824. The van der Waals surface area contributed by atoms with Crippen LogP contribution in [0.15, 0.2) is 24.3 Å². The first kappa shape index (κ1) is 18.6. The van der Waals surface area contributed by atoms with Gasteiger partial charge in [0.2, 0.25) is 5.91 Å². The van der Waals surface area contributed by atoms with Crippen molar-refractivity contribution in [2.75, 3.05) is 19.7 Å². The Morgan fingerprint density at radius 3 is 2.50 bits per heavy atom. The monoisotopic (exact) mass is 344 g/mol. The van der Waals surface area contributed by atoms with Crippen molar-refractivity contribution in [3.8, 4) is 5.75 Å². The van der Waals surface area contributed by atoms with Crippen molar-refractivity contribution >= 4 is 5.91 Å². The van der Waals surface area contributed by atoms with Crippen molar-refractivity contribution in [2.24, 2.45) is 5.92 Å². The van der Waals surface area contributed by atoms with Crippen LogP contribution in [0.2, 0.25) is 0 Å². The topological polar surface area (TPSA) is 50.4 Å². The molecule has 1 amide bonds. The highest BCUT2D eigenvalue weighted by Gasteiger charge is 2.28. The van der Waals surface area contributed by atoms with E-state index < -0.39 is 12.8 Å². The summed E-state index contributed by atoms with van der Waals surface area (Å²) in [6.45, 7) is 1.11. The Kier molecular flexibility index (Phi) is 6.90. The van der Waals surface area contributed by atoms with Crippen LogP contribution in [-0.4, -0.2) is 31.8 Å². The van der Waals surface area contributed by atoms with Crippen molar-refractivity contribution in [3.05, 3.63) is 29.8 Å². The Bertz CT molecular complexity index is 512. The summed E-state index contributed by atoms with van der Waals surface area (Å²) in [6.07, 6.45) is -0.699. The molecule has 1 aliphatic heterocycles. The molecule has 24 heavy (non-hydrogen) atoms. The van der Waals surface area contributed by atoms with Crippen molar-refractivity contribution in [2.45, 2.75) is 38.4 Å². The maximum Gasteiger partial charge on any atom is 0.422 e. The molecular weight excluding hydrogens is 321 g/mol. The molecule has 4 nitrogen and oxygen atoms in total. The van der Waals surface area contributed by atoms with E-state index in [-0.39, 0.29) is 11.7 Å². The van der Waals surface area contributed by atoms with Crippen LogP contribution in [-0.2, 0) is 11.3 Å². The predicted molar refractivity (Wildman–Crippen MR) is 84.7 cm³/mol. The summed E-state index contributed by atoms with van der Waals surface area (Å²) in [5, 5.41) is 6.14. The number of hydrogen-bond donors (Lipinski definition) is 2. The number of benzene rings is 1. The normalized spacial score (nSPS) is 16.0. The number of ether oxygens (including phenoxy) is 1. The van der Waals surface area contributed by atoms with Gasteiger partial charge in [-0.25, -0.2) is 0 Å². The molecule has 0 atom stereocenters. The molecule has 0 aromatic heterocycles. The fraction of sp³-hybridized carbons (Fsp3) is 0.588. The number of amides is 1. The molecule has 134 valence electrons. The summed E-state index contributed by atoms with van der Waals surface area (Å²) >= 11 is 0. The van der Waals surface area contributed by atoms with Gasteiger partial charge >= 0.3 is 6.18 Å². The molecule has 2 N–H and O–H groups in total. The summed E-state index contributed by atoms with van der Waals surface area (Å²) < 4.78 is 40.8. The van der Waals surface area contributed by atoms with Crippen LogP contribution in [0, 0.1) is 5.92 Å². The van der Waals surface area contributed by atoms with Crippen LogP contribution in [0.25, 0.3) is 0 Å². The summed E-state index contributed by atoms with van der Waals surface area (Å²) in [6, 6.07) is 6.25. The second-order valence-electron chi connectivity index (χ2n) is 6.06. The quantitative estimate of drug-likeness (QED) is 0.799. The number of nitrogens with one attached hydrogen (secondary N) is 2. The molecule has 0 unspecified atom stereocenters. The zero-order chi connectivity index (χ0) is 17.4. The molecule has 2 rings (SSSR count). The number of carbonyl (C=O) groups is 1. The average molecular weight is 344 g/mol. The van der Waals surface area contributed by atoms with Crippen LogP contribution in [0.5, 0.6) is 5.75 Å². The zero-order valence-electron chi connectivity index (χ0n) is 13.5. The lowest BCUT2D eigenvalue weighted by Crippen LogP contribution is -2.29. The fourth-order valence-corrected chi connectivity index (χ4v) is 2.66. The standard InChI is InChI=1S/C17H23F3N2O2/c18-17(19,20)12-24-15-4-1-14(2-5-15)11-22-16(23)6-3-13-7-9-21-10-8-13/h1-2,4-5,13,21H,3,6-12H2,(H,22,23). The Morgan fingerprint density at radius 1 is 1.21 bits per heavy atom. The lowest BCUT2D eigenvalue weighted by Gasteiger charge is -2.22. The largest absolute Gasteiger partial charge is 0.484 e. The van der Waals surface area contributed by atoms with Gasteiger partial charge in [-0.1, -0.05) is 12.1 Å². The molecule has 0 saturated carbocycles. The second kappa shape index (κ2) is 8.92. The first-order valence-corrected chi connectivity index (χ1v) is 8.18. The molecule has 1 saturated heterocycles. The molecule has 0 spiro atoms. The molecule has 1 aliphatic rings. The van der Waals surface area contributed by atoms with Gasteiger partial charge < -0.3 is 15.4 Å². The third-order valence-electron chi connectivity index (χ3n) is 4.05. The van der Waals surface area contributed by atoms with Crippen LogP contribution >= 0.6 is 0 Å². The lowest BCUT2D eigenvalue weighted by molar-refractivity contribution is -0.153. The highest BCUT2D eigenvalue weighted by atomic mass is 19.4. The zero-order valence-corrected chi connectivity index (χ0v) is 13.5. The van der Waals surface area contributed by atoms with Gasteiger partial charge in [-0.15, -0.1) is 0 Å². The number of alkyl halides is 3. The number of piperidine rings is 1. The Labute approximate surface area is 139 Å². The van der Waals surface area contributed by atoms with Crippen molar-refractivity contribution < 1.29 is 22.7 Å². The minimum Gasteiger partial charge on any atom is -0.484 e. The molecule has 7 heteroatoms. The van der Waals surface area contributed by atoms with Crippen LogP contribution in [0.4, 0.5) is 13.2 Å². The average Bonchev–Trinajstić information content (AvgIpc) is 2.57. The van der Waals surface area contributed by atoms with Gasteiger partial charge in [0.15, 0.2) is 6.61 Å². The van der Waals surface area contributed by atoms with E-state index in [0.29, 0.717) is 18.9 Å². The van der Waals surface area contributed by atoms with Gasteiger partial charge in [0.25, 0.3) is 0 Å². The number of halogens is 3. The van der Waals surface area contributed by atoms with E-state index in [4.69, 9.17) is 0 Å². The van der Waals surface area contributed by atoms with E-state index in [1.54, 1.807) is 12.1 Å². The van der Waals surface area contributed by atoms with Gasteiger partial charge in [0.1, 0.15) is 5.75 Å². The molecule has 1 aromatic rings. The Morgan fingerprint density at radius 2 is 1.88 bits per heavy atom. The maximum atomic E-state index is 12.1. The summed E-state index contributed by atoms with van der Waals surface area (Å²) in [4.78, 5) is 11.9. The van der Waals surface area contributed by atoms with E-state index in [0.717, 1.165) is 37.9 Å². The van der Waals surface area contributed by atoms with Gasteiger partial charge in [-0.05, 0) is 56.0 Å². The van der Waals surface area contributed by atoms with E-state index in [1.807, 2.05) is 0 Å². The van der Waals surface area contributed by atoms with Gasteiger partial charge in [-0.3, -0.25) is 4.79 Å². The molecule has 0 bridgehead atoms. The van der Waals surface area contributed by atoms with E-state index in [9.17, 15) is 18.0 Å². The second-order valence-corrected chi connectivity index (χ2v) is 6.06. The predicted octanol–water partition coefficient (Wildman–Crippen LogP) is 3.02. The first-order chi connectivity index (χ1) is 11.4. The molecule has 0 aliphatic carbocycles. The van der Waals surface area contributed by atoms with Gasteiger partial charge in [-0.2, -0.15) is 13.2 Å². The highest BCUT2D eigenvalue weighted by Crippen LogP contribution is 2.19. The Hall–Kier alpha value is -1.76. The smallest absolute Gasteiger partial charge is 0.422 e. The SMILES string of the molecule is O=C(CCC1CCNCC1)NCc1ccc(OCC(F)(F)F)cc1. The molecule has 1 aromatic carbocycles. The number of rotatable bonds is 7. The summed E-state index contributed by atoms with van der Waals surface area (Å²) in [5.74, 6) is 0.779. The van der Waals surface area contributed by atoms with E-state index in [2.05, 4.69) is 15.4 Å². The summed E-state index contributed by atoms with van der Waals surface area (Å²) in [7, 11) is 0. The maximum absolute atomic E-state index is 12.1. The fourth-order valence-electron chi connectivity index (χ4n) is 2.66. The number of hydrogen-bond acceptors (Lipinski definition) is 3. The first-order valence-electron chi connectivity index (χ1n) is 8.18. The van der Waals surface area contributed by atoms with E-state index >= 15 is 0 Å². The van der Waals surface area contributed by atoms with Gasteiger partial charge in [0.05, 0.1) is 0 Å². The molecule has 1 heterocycles. The van der Waals surface area contributed by atoms with Crippen LogP contribution in [0.1, 0.15) is 31.2 Å².